The SMILES string of the molecule is C1=Nc2cccc3cc4c(oc5c(-c6nccc7ccccc67)cccc54)c(c23)S1. The van der Waals surface area contributed by atoms with Crippen molar-refractivity contribution in [2.24, 2.45) is 4.99 Å². The predicted molar refractivity (Wildman–Crippen MR) is 126 cm³/mol. The van der Waals surface area contributed by atoms with Crippen LogP contribution < -0.4 is 0 Å². The van der Waals surface area contributed by atoms with Gasteiger partial charge in [-0.1, -0.05) is 60.3 Å². The van der Waals surface area contributed by atoms with Crippen molar-refractivity contribution in [3.63, 3.8) is 0 Å². The smallest absolute Gasteiger partial charge is 0.150 e. The Bertz CT molecular complexity index is 1670. The van der Waals surface area contributed by atoms with Crippen molar-refractivity contribution < 1.29 is 4.42 Å². The fourth-order valence-corrected chi connectivity index (χ4v) is 5.39. The Balaban J connectivity index is 1.63. The minimum atomic E-state index is 0.882. The second kappa shape index (κ2) is 5.94. The molecule has 3 heterocycles. The van der Waals surface area contributed by atoms with E-state index in [0.29, 0.717) is 0 Å². The van der Waals surface area contributed by atoms with Gasteiger partial charge in [0.15, 0.2) is 0 Å². The van der Waals surface area contributed by atoms with Crippen LogP contribution in [0.5, 0.6) is 0 Å². The first-order valence-corrected chi connectivity index (χ1v) is 10.7. The van der Waals surface area contributed by atoms with Gasteiger partial charge in [0.2, 0.25) is 0 Å². The molecular formula is C26H14N2OS. The normalized spacial score (nSPS) is 13.1. The minimum Gasteiger partial charge on any atom is -0.454 e. The molecule has 1 aliphatic heterocycles. The molecule has 0 amide bonds. The van der Waals surface area contributed by atoms with E-state index in [-0.39, 0.29) is 0 Å². The number of thioether (sulfide) groups is 1. The zero-order valence-electron chi connectivity index (χ0n) is 15.8. The summed E-state index contributed by atoms with van der Waals surface area (Å²) in [4.78, 5) is 10.4. The van der Waals surface area contributed by atoms with Gasteiger partial charge in [0.25, 0.3) is 0 Å². The van der Waals surface area contributed by atoms with E-state index in [1.165, 1.54) is 16.2 Å². The van der Waals surface area contributed by atoms with Crippen molar-refractivity contribution in [3.8, 4) is 11.3 Å². The lowest BCUT2D eigenvalue weighted by Gasteiger charge is -2.11. The van der Waals surface area contributed by atoms with Crippen LogP contribution in [0.25, 0.3) is 54.7 Å². The molecule has 0 atom stereocenters. The number of aromatic nitrogens is 1. The third-order valence-electron chi connectivity index (χ3n) is 5.85. The number of furan rings is 1. The van der Waals surface area contributed by atoms with Gasteiger partial charge in [-0.15, -0.1) is 0 Å². The number of fused-ring (bicyclic) bond motifs is 5. The summed E-state index contributed by atoms with van der Waals surface area (Å²) in [6, 6.07) is 25.2. The molecule has 0 saturated carbocycles. The number of aliphatic imine (C=N–C) groups is 1. The molecule has 140 valence electrons. The number of pyridine rings is 1. The largest absolute Gasteiger partial charge is 0.454 e. The maximum absolute atomic E-state index is 6.58. The van der Waals surface area contributed by atoms with Gasteiger partial charge in [0.1, 0.15) is 11.2 Å². The molecule has 0 saturated heterocycles. The minimum absolute atomic E-state index is 0.882. The van der Waals surface area contributed by atoms with Crippen LogP contribution in [0.4, 0.5) is 5.69 Å². The first kappa shape index (κ1) is 16.2. The van der Waals surface area contributed by atoms with Gasteiger partial charge in [-0.25, -0.2) is 4.99 Å². The van der Waals surface area contributed by atoms with Crippen LogP contribution in [0.15, 0.2) is 93.3 Å². The number of rotatable bonds is 1. The summed E-state index contributed by atoms with van der Waals surface area (Å²) in [5.74, 6) is 0. The van der Waals surface area contributed by atoms with Crippen molar-refractivity contribution in [1.29, 1.82) is 0 Å². The van der Waals surface area contributed by atoms with E-state index in [0.717, 1.165) is 49.2 Å². The van der Waals surface area contributed by atoms with Gasteiger partial charge in [-0.2, -0.15) is 0 Å². The molecule has 0 fully saturated rings. The summed E-state index contributed by atoms with van der Waals surface area (Å²) in [7, 11) is 0. The molecule has 0 unspecified atom stereocenters. The molecule has 4 aromatic carbocycles. The molecule has 6 aromatic rings. The Morgan fingerprint density at radius 1 is 0.733 bits per heavy atom. The van der Waals surface area contributed by atoms with Crippen molar-refractivity contribution >= 4 is 66.5 Å². The maximum atomic E-state index is 6.58. The Hall–Kier alpha value is -3.63. The highest BCUT2D eigenvalue weighted by molar-refractivity contribution is 8.12. The van der Waals surface area contributed by atoms with E-state index in [9.17, 15) is 0 Å². The molecule has 4 heteroatoms. The van der Waals surface area contributed by atoms with Gasteiger partial charge in [-0.05, 0) is 35.0 Å². The number of para-hydroxylation sites is 1. The third kappa shape index (κ3) is 2.11. The first-order valence-electron chi connectivity index (χ1n) is 9.83. The topological polar surface area (TPSA) is 38.4 Å². The number of benzene rings is 4. The predicted octanol–water partition coefficient (Wildman–Crippen LogP) is 7.72. The van der Waals surface area contributed by atoms with Crippen molar-refractivity contribution in [2.45, 2.75) is 4.90 Å². The molecule has 30 heavy (non-hydrogen) atoms. The highest BCUT2D eigenvalue weighted by Crippen LogP contribution is 2.46. The molecule has 1 aliphatic rings. The summed E-state index contributed by atoms with van der Waals surface area (Å²) in [6.45, 7) is 0. The van der Waals surface area contributed by atoms with Crippen LogP contribution in [0.1, 0.15) is 0 Å². The van der Waals surface area contributed by atoms with Gasteiger partial charge < -0.3 is 4.42 Å². The van der Waals surface area contributed by atoms with Crippen LogP contribution in [0.2, 0.25) is 0 Å². The van der Waals surface area contributed by atoms with Crippen LogP contribution in [0, 0.1) is 0 Å². The zero-order valence-corrected chi connectivity index (χ0v) is 16.6. The second-order valence-electron chi connectivity index (χ2n) is 7.48. The Morgan fingerprint density at radius 2 is 1.60 bits per heavy atom. The van der Waals surface area contributed by atoms with Crippen LogP contribution in [0.3, 0.4) is 0 Å². The average molecular weight is 402 g/mol. The van der Waals surface area contributed by atoms with Crippen LogP contribution >= 0.6 is 11.8 Å². The molecule has 2 aromatic heterocycles. The van der Waals surface area contributed by atoms with E-state index in [4.69, 9.17) is 9.40 Å². The van der Waals surface area contributed by atoms with E-state index in [1.807, 2.05) is 17.8 Å². The van der Waals surface area contributed by atoms with Gasteiger partial charge in [0, 0.05) is 33.3 Å². The maximum Gasteiger partial charge on any atom is 0.150 e. The molecule has 7 rings (SSSR count). The van der Waals surface area contributed by atoms with Crippen LogP contribution in [-0.2, 0) is 0 Å². The summed E-state index contributed by atoms with van der Waals surface area (Å²) in [5, 5.41) is 6.91. The van der Waals surface area contributed by atoms with Crippen molar-refractivity contribution in [1.82, 2.24) is 4.98 Å². The molecule has 0 aliphatic carbocycles. The number of hydrogen-bond acceptors (Lipinski definition) is 4. The Kier molecular flexibility index (Phi) is 3.21. The Morgan fingerprint density at radius 3 is 2.60 bits per heavy atom. The molecule has 0 spiro atoms. The fourth-order valence-electron chi connectivity index (χ4n) is 4.52. The van der Waals surface area contributed by atoms with Crippen LogP contribution in [-0.4, -0.2) is 10.5 Å². The van der Waals surface area contributed by atoms with Crippen molar-refractivity contribution in [2.75, 3.05) is 0 Å². The molecule has 0 bridgehead atoms. The first-order chi connectivity index (χ1) is 14.9. The van der Waals surface area contributed by atoms with Crippen molar-refractivity contribution in [3.05, 3.63) is 79.0 Å². The summed E-state index contributed by atoms with van der Waals surface area (Å²) < 4.78 is 6.58. The monoisotopic (exact) mass is 402 g/mol. The zero-order chi connectivity index (χ0) is 19.7. The number of nitrogens with zero attached hydrogens (tertiary/aromatic N) is 2. The third-order valence-corrected chi connectivity index (χ3v) is 6.69. The standard InChI is InChI=1S/C26H14N2OS/c1-2-7-17-15(5-1)11-12-27-23(17)19-9-4-8-18-20-13-16-6-3-10-21-22(16)26(30-14-28-21)25(20)29-24(18)19/h1-14H. The van der Waals surface area contributed by atoms with Gasteiger partial charge >= 0.3 is 0 Å². The van der Waals surface area contributed by atoms with E-state index in [2.05, 4.69) is 71.7 Å². The van der Waals surface area contributed by atoms with E-state index in [1.54, 1.807) is 11.8 Å². The lowest BCUT2D eigenvalue weighted by molar-refractivity contribution is 0.662. The number of hydrogen-bond donors (Lipinski definition) is 0. The van der Waals surface area contributed by atoms with E-state index >= 15 is 0 Å². The lowest BCUT2D eigenvalue weighted by atomic mass is 10.0. The average Bonchev–Trinajstić information content (AvgIpc) is 3.18. The van der Waals surface area contributed by atoms with Gasteiger partial charge in [0.05, 0.1) is 21.8 Å². The molecule has 0 N–H and O–H groups in total. The quantitative estimate of drug-likeness (QED) is 0.282. The lowest BCUT2D eigenvalue weighted by Crippen LogP contribution is -1.86. The summed E-state index contributed by atoms with van der Waals surface area (Å²) >= 11 is 1.63. The van der Waals surface area contributed by atoms with E-state index < -0.39 is 0 Å². The fraction of sp³-hybridized carbons (Fsp3) is 0. The van der Waals surface area contributed by atoms with Gasteiger partial charge in [-0.3, -0.25) is 4.98 Å². The molecule has 3 nitrogen and oxygen atoms in total. The summed E-state index contributed by atoms with van der Waals surface area (Å²) in [6.07, 6.45) is 1.87. The second-order valence-corrected chi connectivity index (χ2v) is 8.33. The molecule has 0 radical (unpaired) electrons. The Labute approximate surface area is 176 Å². The highest BCUT2D eigenvalue weighted by atomic mass is 32.2. The summed E-state index contributed by atoms with van der Waals surface area (Å²) in [5.41, 5.74) is 6.68. The highest BCUT2D eigenvalue weighted by Gasteiger charge is 2.21. The molecular weight excluding hydrogens is 388 g/mol.